The minimum Gasteiger partial charge on any atom is -0.465 e. The van der Waals surface area contributed by atoms with E-state index in [9.17, 15) is 19.5 Å². The van der Waals surface area contributed by atoms with E-state index in [0.717, 1.165) is 24.0 Å². The van der Waals surface area contributed by atoms with Crippen LogP contribution in [0.15, 0.2) is 24.3 Å². The molecule has 172 valence electrons. The molecule has 2 amide bonds. The average Bonchev–Trinajstić information content (AvgIpc) is 3.18. The fourth-order valence-electron chi connectivity index (χ4n) is 4.82. The molecule has 1 aliphatic carbocycles. The highest BCUT2D eigenvalue weighted by atomic mass is 16.6. The highest BCUT2D eigenvalue weighted by Crippen LogP contribution is 2.45. The molecule has 1 N–H and O–H groups in total. The van der Waals surface area contributed by atoms with Crippen LogP contribution in [0.5, 0.6) is 0 Å². The maximum absolute atomic E-state index is 12.8. The SMILES string of the molecule is Cc1cccc(C#CC2(OC(=O)CCCC(=O)N(C)C)CCCC3C2CCN3C(=O)O)c1. The maximum atomic E-state index is 12.8. The van der Waals surface area contributed by atoms with Crippen molar-refractivity contribution < 1.29 is 24.2 Å². The number of hydrogen-bond donors (Lipinski definition) is 1. The molecule has 0 spiro atoms. The van der Waals surface area contributed by atoms with Gasteiger partial charge < -0.3 is 19.6 Å². The van der Waals surface area contributed by atoms with Crippen LogP contribution in [-0.4, -0.2) is 65.2 Å². The molecule has 32 heavy (non-hydrogen) atoms. The number of ether oxygens (including phenoxy) is 1. The lowest BCUT2D eigenvalue weighted by molar-refractivity contribution is -0.162. The zero-order valence-corrected chi connectivity index (χ0v) is 19.1. The first kappa shape index (κ1) is 23.6. The molecule has 1 heterocycles. The van der Waals surface area contributed by atoms with E-state index in [1.807, 2.05) is 31.2 Å². The number of hydrogen-bond acceptors (Lipinski definition) is 4. The van der Waals surface area contributed by atoms with Gasteiger partial charge >= 0.3 is 12.1 Å². The monoisotopic (exact) mass is 440 g/mol. The molecule has 7 nitrogen and oxygen atoms in total. The maximum Gasteiger partial charge on any atom is 0.407 e. The molecule has 3 atom stereocenters. The summed E-state index contributed by atoms with van der Waals surface area (Å²) in [5, 5.41) is 9.60. The van der Waals surface area contributed by atoms with E-state index in [1.165, 1.54) is 9.80 Å². The normalized spacial score (nSPS) is 24.2. The van der Waals surface area contributed by atoms with Gasteiger partial charge in [-0.25, -0.2) is 4.79 Å². The number of fused-ring (bicyclic) bond motifs is 1. The molecular weight excluding hydrogens is 408 g/mol. The quantitative estimate of drug-likeness (QED) is 0.560. The number of carboxylic acid groups (broad SMARTS) is 1. The predicted octanol–water partition coefficient (Wildman–Crippen LogP) is 3.44. The summed E-state index contributed by atoms with van der Waals surface area (Å²) >= 11 is 0. The number of carbonyl (C=O) groups is 3. The van der Waals surface area contributed by atoms with Crippen LogP contribution in [0.1, 0.15) is 56.1 Å². The highest BCUT2D eigenvalue weighted by Gasteiger charge is 2.53. The number of carbonyl (C=O) groups excluding carboxylic acids is 2. The molecule has 0 bridgehead atoms. The van der Waals surface area contributed by atoms with Gasteiger partial charge in [0.25, 0.3) is 0 Å². The largest absolute Gasteiger partial charge is 0.465 e. The van der Waals surface area contributed by atoms with Crippen LogP contribution in [0.4, 0.5) is 4.79 Å². The van der Waals surface area contributed by atoms with Crippen molar-refractivity contribution in [3.05, 3.63) is 35.4 Å². The van der Waals surface area contributed by atoms with Crippen LogP contribution < -0.4 is 0 Å². The van der Waals surface area contributed by atoms with Gasteiger partial charge in [0.15, 0.2) is 5.60 Å². The zero-order chi connectivity index (χ0) is 23.3. The Bertz CT molecular complexity index is 932. The fourth-order valence-corrected chi connectivity index (χ4v) is 4.82. The number of likely N-dealkylation sites (tertiary alicyclic amines) is 1. The van der Waals surface area contributed by atoms with Gasteiger partial charge in [-0.15, -0.1) is 0 Å². The number of rotatable bonds is 5. The Morgan fingerprint density at radius 3 is 2.72 bits per heavy atom. The van der Waals surface area contributed by atoms with Gasteiger partial charge in [-0.2, -0.15) is 0 Å². The summed E-state index contributed by atoms with van der Waals surface area (Å²) < 4.78 is 6.06. The van der Waals surface area contributed by atoms with E-state index in [2.05, 4.69) is 11.8 Å². The molecule has 2 fully saturated rings. The van der Waals surface area contributed by atoms with E-state index >= 15 is 0 Å². The summed E-state index contributed by atoms with van der Waals surface area (Å²) in [5.41, 5.74) is 0.916. The van der Waals surface area contributed by atoms with Gasteiger partial charge in [-0.3, -0.25) is 9.59 Å². The van der Waals surface area contributed by atoms with Crippen molar-refractivity contribution in [1.29, 1.82) is 0 Å². The van der Waals surface area contributed by atoms with Gasteiger partial charge in [0.1, 0.15) is 0 Å². The smallest absolute Gasteiger partial charge is 0.407 e. The van der Waals surface area contributed by atoms with E-state index in [1.54, 1.807) is 14.1 Å². The second-order valence-corrected chi connectivity index (χ2v) is 8.96. The van der Waals surface area contributed by atoms with Crippen LogP contribution >= 0.6 is 0 Å². The number of benzene rings is 1. The van der Waals surface area contributed by atoms with Crippen LogP contribution in [-0.2, 0) is 14.3 Å². The Labute approximate surface area is 189 Å². The summed E-state index contributed by atoms with van der Waals surface area (Å²) in [5.74, 6) is 5.89. The highest BCUT2D eigenvalue weighted by molar-refractivity contribution is 5.77. The van der Waals surface area contributed by atoms with Crippen molar-refractivity contribution in [2.24, 2.45) is 5.92 Å². The summed E-state index contributed by atoms with van der Waals surface area (Å²) in [6, 6.07) is 7.63. The summed E-state index contributed by atoms with van der Waals surface area (Å²) in [6.45, 7) is 2.42. The molecule has 1 aromatic rings. The van der Waals surface area contributed by atoms with E-state index in [0.29, 0.717) is 25.8 Å². The van der Waals surface area contributed by atoms with Crippen LogP contribution in [0.3, 0.4) is 0 Å². The first-order valence-corrected chi connectivity index (χ1v) is 11.2. The lowest BCUT2D eigenvalue weighted by atomic mass is 9.72. The Balaban J connectivity index is 1.83. The number of amides is 2. The van der Waals surface area contributed by atoms with Crippen molar-refractivity contribution in [3.8, 4) is 11.8 Å². The van der Waals surface area contributed by atoms with Gasteiger partial charge in [-0.1, -0.05) is 18.1 Å². The summed E-state index contributed by atoms with van der Waals surface area (Å²) in [4.78, 5) is 39.3. The van der Waals surface area contributed by atoms with Crippen molar-refractivity contribution >= 4 is 18.0 Å². The molecule has 1 saturated heterocycles. The summed E-state index contributed by atoms with van der Waals surface area (Å²) in [7, 11) is 3.37. The molecule has 0 radical (unpaired) electrons. The number of aryl methyl sites for hydroxylation is 1. The van der Waals surface area contributed by atoms with Gasteiger partial charge in [0, 0.05) is 51.0 Å². The number of esters is 1. The van der Waals surface area contributed by atoms with Crippen LogP contribution in [0.25, 0.3) is 0 Å². The summed E-state index contributed by atoms with van der Waals surface area (Å²) in [6.07, 6.45) is 2.57. The lowest BCUT2D eigenvalue weighted by Gasteiger charge is -2.42. The Morgan fingerprint density at radius 1 is 1.25 bits per heavy atom. The Morgan fingerprint density at radius 2 is 2.03 bits per heavy atom. The van der Waals surface area contributed by atoms with E-state index < -0.39 is 11.7 Å². The average molecular weight is 441 g/mol. The van der Waals surface area contributed by atoms with Crippen LogP contribution in [0.2, 0.25) is 0 Å². The Kier molecular flexibility index (Phi) is 7.44. The van der Waals surface area contributed by atoms with Gasteiger partial charge in [0.2, 0.25) is 5.91 Å². The van der Waals surface area contributed by atoms with Crippen molar-refractivity contribution in [3.63, 3.8) is 0 Å². The third kappa shape index (κ3) is 5.42. The van der Waals surface area contributed by atoms with E-state index in [-0.39, 0.29) is 36.7 Å². The molecule has 3 unspecified atom stereocenters. The van der Waals surface area contributed by atoms with Crippen molar-refractivity contribution in [1.82, 2.24) is 9.80 Å². The standard InChI is InChI=1S/C25H32N2O5/c1-18-7-4-8-19(17-18)12-15-25(32-23(29)11-5-10-22(28)26(2)3)14-6-9-21-20(25)13-16-27(21)24(30)31/h4,7-8,17,20-21H,5-6,9-11,13-14,16H2,1-3H3,(H,30,31). The predicted molar refractivity (Wildman–Crippen MR) is 120 cm³/mol. The minimum atomic E-state index is -1.01. The Hall–Kier alpha value is -3.01. The first-order valence-electron chi connectivity index (χ1n) is 11.2. The third-order valence-corrected chi connectivity index (χ3v) is 6.44. The zero-order valence-electron chi connectivity index (χ0n) is 19.1. The first-order chi connectivity index (χ1) is 15.2. The fraction of sp³-hybridized carbons (Fsp3) is 0.560. The van der Waals surface area contributed by atoms with Crippen molar-refractivity contribution in [2.75, 3.05) is 20.6 Å². The molecule has 7 heteroatoms. The topological polar surface area (TPSA) is 87.2 Å². The van der Waals surface area contributed by atoms with Crippen molar-refractivity contribution in [2.45, 2.75) is 63.5 Å². The molecule has 0 aromatic heterocycles. The third-order valence-electron chi connectivity index (χ3n) is 6.44. The molecule has 2 aliphatic rings. The van der Waals surface area contributed by atoms with Gasteiger partial charge in [-0.05, 0) is 62.6 Å². The molecule has 1 aliphatic heterocycles. The van der Waals surface area contributed by atoms with Gasteiger partial charge in [0.05, 0.1) is 0 Å². The second kappa shape index (κ2) is 10.1. The second-order valence-electron chi connectivity index (χ2n) is 8.96. The molecule has 1 saturated carbocycles. The van der Waals surface area contributed by atoms with E-state index in [4.69, 9.17) is 4.74 Å². The molecule has 1 aromatic carbocycles. The molecule has 3 rings (SSSR count). The van der Waals surface area contributed by atoms with Crippen LogP contribution in [0, 0.1) is 24.7 Å². The minimum absolute atomic E-state index is 0.0302. The molecular formula is C25H32N2O5. The lowest BCUT2D eigenvalue weighted by Crippen LogP contribution is -2.51. The number of nitrogens with zero attached hydrogens (tertiary/aromatic N) is 2.